The minimum absolute atomic E-state index is 0.0793. The van der Waals surface area contributed by atoms with Crippen molar-refractivity contribution in [1.82, 2.24) is 0 Å². The quantitative estimate of drug-likeness (QED) is 0.142. The Morgan fingerprint density at radius 3 is 1.61 bits per heavy atom. The largest absolute Gasteiger partial charge is 0.544 e. The van der Waals surface area contributed by atoms with Gasteiger partial charge in [-0.05, 0) is 24.0 Å². The maximum Gasteiger partial charge on any atom is 0.544 e. The van der Waals surface area contributed by atoms with Crippen molar-refractivity contribution in [2.24, 2.45) is 11.5 Å². The van der Waals surface area contributed by atoms with Crippen LogP contribution in [0.4, 0.5) is 0 Å². The first-order valence-electron chi connectivity index (χ1n) is 6.11. The maximum atomic E-state index is 11.4. The molecule has 0 saturated heterocycles. The van der Waals surface area contributed by atoms with Crippen molar-refractivity contribution in [3.05, 3.63) is 23.3 Å². The molecule has 0 aliphatic carbocycles. The fourth-order valence-electron chi connectivity index (χ4n) is 0.922. The van der Waals surface area contributed by atoms with E-state index in [-0.39, 0.29) is 24.2 Å². The van der Waals surface area contributed by atoms with Gasteiger partial charge in [-0.3, -0.25) is 14.7 Å². The zero-order valence-corrected chi connectivity index (χ0v) is 15.2. The van der Waals surface area contributed by atoms with Crippen molar-refractivity contribution in [2.75, 3.05) is 24.0 Å². The van der Waals surface area contributed by atoms with Crippen LogP contribution in [0.1, 0.15) is 12.8 Å². The van der Waals surface area contributed by atoms with E-state index >= 15 is 0 Å². The molecule has 23 heavy (non-hydrogen) atoms. The second kappa shape index (κ2) is 11.6. The van der Waals surface area contributed by atoms with Gasteiger partial charge in [-0.1, -0.05) is 9.35 Å². The van der Waals surface area contributed by atoms with E-state index in [4.69, 9.17) is 11.5 Å². The fourth-order valence-corrected chi connectivity index (χ4v) is 2.12. The zero-order valence-electron chi connectivity index (χ0n) is 12.6. The summed E-state index contributed by atoms with van der Waals surface area (Å²) in [6.07, 6.45) is 4.22. The molecule has 0 spiro atoms. The summed E-state index contributed by atoms with van der Waals surface area (Å²) in [5.74, 6) is -0.555. The Bertz CT molecular complexity index is 436. The molecule has 0 amide bonds. The highest BCUT2D eigenvalue weighted by atomic mass is 32.2. The van der Waals surface area contributed by atoms with Crippen LogP contribution >= 0.6 is 31.3 Å². The van der Waals surface area contributed by atoms with Gasteiger partial charge in [0.05, 0.1) is 11.4 Å². The number of hydrogen-bond donors (Lipinski definition) is 5. The lowest BCUT2D eigenvalue weighted by atomic mass is 10.4. The highest BCUT2D eigenvalue weighted by Crippen LogP contribution is 2.44. The molecule has 0 radical (unpaired) electrons. The van der Waals surface area contributed by atoms with Crippen molar-refractivity contribution in [1.29, 1.82) is 0 Å². The smallest absolute Gasteiger partial charge is 0.478 e. The number of rotatable bonds is 12. The van der Waals surface area contributed by atoms with Crippen LogP contribution in [0.3, 0.4) is 0 Å². The third-order valence-electron chi connectivity index (χ3n) is 2.12. The van der Waals surface area contributed by atoms with Crippen LogP contribution in [0.15, 0.2) is 23.3 Å². The molecule has 0 aromatic rings. The summed E-state index contributed by atoms with van der Waals surface area (Å²) in [5, 5.41) is 18.7. The molecule has 0 fully saturated rings. The number of hydrogen-bond acceptors (Lipinski definition) is 11. The first-order chi connectivity index (χ1) is 10.7. The van der Waals surface area contributed by atoms with Crippen LogP contribution in [-0.2, 0) is 23.7 Å². The maximum absolute atomic E-state index is 11.4. The first kappa shape index (κ1) is 22.1. The molecule has 0 unspecified atom stereocenters. The Labute approximate surface area is 142 Å². The normalized spacial score (nSPS) is 14.0. The molecular weight excluding hydrogens is 371 g/mol. The van der Waals surface area contributed by atoms with Crippen LogP contribution in [0.5, 0.6) is 0 Å². The number of aliphatic hydroxyl groups is 2. The molecule has 0 heterocycles. The second-order valence-corrected chi connectivity index (χ2v) is 7.14. The molecule has 0 aromatic heterocycles. The van der Waals surface area contributed by atoms with Crippen molar-refractivity contribution in [2.45, 2.75) is 12.8 Å². The van der Waals surface area contributed by atoms with Gasteiger partial charge in [-0.25, -0.2) is 4.57 Å². The number of nitrogens with two attached hydrogens (primary N) is 2. The van der Waals surface area contributed by atoms with Gasteiger partial charge in [0.25, 0.3) is 0 Å². The highest BCUT2D eigenvalue weighted by molar-refractivity contribution is 7.98. The predicted octanol–water partition coefficient (Wildman–Crippen LogP) is 1.86. The third-order valence-corrected chi connectivity index (χ3v) is 3.87. The molecule has 0 aliphatic rings. The van der Waals surface area contributed by atoms with Crippen molar-refractivity contribution in [3.63, 3.8) is 0 Å². The van der Waals surface area contributed by atoms with E-state index in [0.29, 0.717) is 11.5 Å². The van der Waals surface area contributed by atoms with Crippen LogP contribution in [0, 0.1) is 0 Å². The van der Waals surface area contributed by atoms with Gasteiger partial charge in [-0.2, -0.15) is 23.5 Å². The Hall–Kier alpha value is -0.910. The van der Waals surface area contributed by atoms with Gasteiger partial charge in [0.1, 0.15) is 0 Å². The van der Waals surface area contributed by atoms with E-state index in [1.165, 1.54) is 23.5 Å². The van der Waals surface area contributed by atoms with E-state index in [9.17, 15) is 19.7 Å². The Balaban J connectivity index is 4.41. The van der Waals surface area contributed by atoms with E-state index in [1.54, 1.807) is 0 Å². The van der Waals surface area contributed by atoms with Crippen molar-refractivity contribution >= 4 is 31.3 Å². The second-order valence-electron chi connectivity index (χ2n) is 3.93. The van der Waals surface area contributed by atoms with Crippen molar-refractivity contribution in [3.8, 4) is 0 Å². The summed E-state index contributed by atoms with van der Waals surface area (Å²) in [5.41, 5.74) is 10.7. The molecule has 0 atom stereocenters. The van der Waals surface area contributed by atoms with Gasteiger partial charge in [0.2, 0.25) is 0 Å². The average molecular weight is 392 g/mol. The summed E-state index contributed by atoms with van der Waals surface area (Å²) in [4.78, 5) is 17.6. The average Bonchev–Trinajstić information content (AvgIpc) is 2.53. The van der Waals surface area contributed by atoms with Crippen LogP contribution in [0.2, 0.25) is 0 Å². The molecule has 0 aromatic carbocycles. The number of phosphoric acid groups is 1. The zero-order chi connectivity index (χ0) is 17.9. The predicted molar refractivity (Wildman–Crippen MR) is 87.8 cm³/mol. The highest BCUT2D eigenvalue weighted by Gasteiger charge is 2.28. The van der Waals surface area contributed by atoms with Crippen molar-refractivity contribution < 1.29 is 38.8 Å². The summed E-state index contributed by atoms with van der Waals surface area (Å²) >= 11 is 2.95. The number of aliphatic hydroxyl groups excluding tert-OH is 2. The molecule has 13 heteroatoms. The molecule has 7 N–H and O–H groups in total. The molecule has 0 rings (SSSR count). The fraction of sp³-hybridized carbons (Fsp3) is 0.600. The van der Waals surface area contributed by atoms with Gasteiger partial charge in [0.15, 0.2) is 0 Å². The topological polar surface area (TPSA) is 167 Å². The minimum Gasteiger partial charge on any atom is -0.478 e. The van der Waals surface area contributed by atoms with E-state index in [1.807, 2.05) is 12.5 Å². The summed E-state index contributed by atoms with van der Waals surface area (Å²) < 4.78 is 19.4. The van der Waals surface area contributed by atoms with E-state index < -0.39 is 19.7 Å². The third kappa shape index (κ3) is 10.5. The first-order valence-corrected chi connectivity index (χ1v) is 10.4. The number of thioether (sulfide) groups is 2. The van der Waals surface area contributed by atoms with Gasteiger partial charge in [-0.15, -0.1) is 0 Å². The van der Waals surface area contributed by atoms with Crippen LogP contribution < -0.4 is 11.5 Å². The summed E-state index contributed by atoms with van der Waals surface area (Å²) in [6, 6.07) is 0. The van der Waals surface area contributed by atoms with Gasteiger partial charge in [0, 0.05) is 12.8 Å². The lowest BCUT2D eigenvalue weighted by Crippen LogP contribution is -2.08. The standard InChI is InChI=1S/C10H21N2O8PS2/c1-22-5-3-7(11)9(13)17-19-21(15,16)20-18-10(14)8(12)4-6-23-2/h13-14H,3-6,11-12H2,1-2H3,(H,15,16)/b9-7-,10-8-. The SMILES string of the molecule is CSCC/C(N)=C(\O)OOP(=O)(O)OO/C(O)=C(\N)CCSC. The monoisotopic (exact) mass is 392 g/mol. The number of allylic oxidation sites excluding steroid dienone is 2. The lowest BCUT2D eigenvalue weighted by Gasteiger charge is -2.11. The Morgan fingerprint density at radius 1 is 0.957 bits per heavy atom. The Kier molecular flexibility index (Phi) is 11.1. The molecule has 136 valence electrons. The molecule has 0 bridgehead atoms. The molecule has 10 nitrogen and oxygen atoms in total. The summed E-state index contributed by atoms with van der Waals surface area (Å²) in [6.45, 7) is 0. The van der Waals surface area contributed by atoms with Gasteiger partial charge >= 0.3 is 19.7 Å². The lowest BCUT2D eigenvalue weighted by molar-refractivity contribution is -0.273. The van der Waals surface area contributed by atoms with Crippen LogP contribution in [-0.4, -0.2) is 39.1 Å². The van der Waals surface area contributed by atoms with Gasteiger partial charge < -0.3 is 21.7 Å². The molecule has 0 saturated carbocycles. The summed E-state index contributed by atoms with van der Waals surface area (Å²) in [7, 11) is -4.89. The minimum atomic E-state index is -4.89. The molecule has 0 aliphatic heterocycles. The molecular formula is C10H21N2O8PS2. The van der Waals surface area contributed by atoms with Crippen LogP contribution in [0.25, 0.3) is 0 Å². The van der Waals surface area contributed by atoms with E-state index in [0.717, 1.165) is 0 Å². The Morgan fingerprint density at radius 2 is 1.30 bits per heavy atom. The van der Waals surface area contributed by atoms with E-state index in [2.05, 4.69) is 19.1 Å².